The minimum Gasteiger partial charge on any atom is -0.412 e. The second-order valence-corrected chi connectivity index (χ2v) is 0.763. The number of hydrogen-bond acceptors (Lipinski definition) is 7. The third-order valence-corrected chi connectivity index (χ3v) is 0. The first-order valence-corrected chi connectivity index (χ1v) is 2.12. The fourth-order valence-electron chi connectivity index (χ4n) is 0. The van der Waals surface area contributed by atoms with Gasteiger partial charge >= 0.3 is 16.5 Å². The Bertz CT molecular complexity index is 91.2. The molecule has 124 valence electrons. The number of nitrogens with zero attached hydrogens (tertiary/aromatic N) is 2. The third kappa shape index (κ3) is 1410. The average Bonchev–Trinajstić information content (AvgIpc) is 1.60. The van der Waals surface area contributed by atoms with Crippen LogP contribution in [0.25, 0.3) is 0 Å². The molecule has 16 heteroatoms. The summed E-state index contributed by atoms with van der Waals surface area (Å²) in [7, 11) is 0. The molecule has 0 amide bonds. The van der Waals surface area contributed by atoms with Gasteiger partial charge in [0.15, 0.2) is 0 Å². The molecule has 15 nitrogen and oxygen atoms in total. The van der Waals surface area contributed by atoms with Gasteiger partial charge in [-0.1, -0.05) is 0 Å². The maximum Gasteiger partial charge on any atom is 2.00 e. The molecule has 0 rings (SSSR count). The summed E-state index contributed by atoms with van der Waals surface area (Å²) in [6, 6.07) is 0. The fraction of sp³-hybridized carbons (Fsp3) is 1.00. The second-order valence-electron chi connectivity index (χ2n) is 0.763. The van der Waals surface area contributed by atoms with E-state index < -0.39 is 10.2 Å². The van der Waals surface area contributed by atoms with Gasteiger partial charge in [-0.05, 0) is 6.92 Å². The predicted molar refractivity (Wildman–Crippen MR) is 55.2 cm³/mol. The van der Waals surface area contributed by atoms with Gasteiger partial charge in [-0.3, -0.25) is 0 Å². The van der Waals surface area contributed by atoms with Crippen molar-refractivity contribution in [1.29, 1.82) is 0 Å². The maximum absolute atomic E-state index is 8.25. The molecule has 0 saturated heterocycles. The Morgan fingerprint density at radius 3 is 0.778 bits per heavy atom. The molecule has 0 aliphatic heterocycles. The Hall–Kier alpha value is -1.39. The molecule has 0 aromatic rings. The van der Waals surface area contributed by atoms with E-state index in [2.05, 4.69) is 0 Å². The molecule has 13 N–H and O–H groups in total. The van der Waals surface area contributed by atoms with Gasteiger partial charge < -0.3 is 68.6 Å². The summed E-state index contributed by atoms with van der Waals surface area (Å²) in [6.07, 6.45) is 0. The standard InChI is InChI=1S/C2H6O.2NO3.Ni.6H2O/c1-2-3;2*2-1(3)4;;;;;;;/h3H,2H2,1H3;;;;6*1H2/q;2*-1;+2;;;;;;. The van der Waals surface area contributed by atoms with E-state index in [9.17, 15) is 0 Å². The first-order chi connectivity index (χ1) is 4.88. The molecule has 0 unspecified atom stereocenters. The zero-order chi connectivity index (χ0) is 9.86. The van der Waals surface area contributed by atoms with E-state index in [-0.39, 0.29) is 56.0 Å². The van der Waals surface area contributed by atoms with Crippen LogP contribution in [0.15, 0.2) is 0 Å². The van der Waals surface area contributed by atoms with Crippen LogP contribution in [0.3, 0.4) is 0 Å². The van der Waals surface area contributed by atoms with Gasteiger partial charge in [0.05, 0.1) is 10.2 Å². The summed E-state index contributed by atoms with van der Waals surface area (Å²) < 4.78 is 0. The van der Waals surface area contributed by atoms with Gasteiger partial charge in [0.2, 0.25) is 0 Å². The van der Waals surface area contributed by atoms with Crippen LogP contribution in [0.2, 0.25) is 0 Å². The van der Waals surface area contributed by atoms with Gasteiger partial charge in [0, 0.05) is 6.61 Å². The van der Waals surface area contributed by atoms with Crippen molar-refractivity contribution < 1.29 is 64.6 Å². The first kappa shape index (κ1) is 92.6. The van der Waals surface area contributed by atoms with E-state index >= 15 is 0 Å². The Morgan fingerprint density at radius 2 is 0.778 bits per heavy atom. The average molecular weight is 337 g/mol. The molecule has 0 aromatic carbocycles. The molecular weight excluding hydrogens is 319 g/mol. The quantitative estimate of drug-likeness (QED) is 0.253. The molecule has 0 spiro atoms. The van der Waals surface area contributed by atoms with Gasteiger partial charge in [-0.25, -0.2) is 0 Å². The van der Waals surface area contributed by atoms with Crippen molar-refractivity contribution in [2.75, 3.05) is 6.61 Å². The van der Waals surface area contributed by atoms with Crippen molar-refractivity contribution in [3.05, 3.63) is 30.6 Å². The number of rotatable bonds is 0. The molecule has 0 aliphatic rings. The fourth-order valence-corrected chi connectivity index (χ4v) is 0. The minimum absolute atomic E-state index is 0. The van der Waals surface area contributed by atoms with E-state index in [1.54, 1.807) is 6.92 Å². The molecule has 18 heavy (non-hydrogen) atoms. The third-order valence-electron chi connectivity index (χ3n) is 0. The Morgan fingerprint density at radius 1 is 0.778 bits per heavy atom. The molecule has 0 heterocycles. The SMILES string of the molecule is CCO.O.O.O.O.O.O.O=[N+]([O-])[O-].O=[N+]([O-])[O-].[Ni+2]. The number of hydrogen-bond donors (Lipinski definition) is 1. The summed E-state index contributed by atoms with van der Waals surface area (Å²) in [4.78, 5) is 16.5. The van der Waals surface area contributed by atoms with Crippen LogP contribution in [0.1, 0.15) is 6.92 Å². The number of aliphatic hydroxyl groups is 1. The normalized spacial score (nSPS) is 3.67. The molecule has 0 bridgehead atoms. The monoisotopic (exact) mass is 336 g/mol. The van der Waals surface area contributed by atoms with Crippen molar-refractivity contribution >= 4 is 0 Å². The Kier molecular flexibility index (Phi) is 544. The maximum atomic E-state index is 8.25. The van der Waals surface area contributed by atoms with Crippen LogP contribution in [-0.4, -0.2) is 54.7 Å². The molecule has 0 aliphatic carbocycles. The molecule has 0 aromatic heterocycles. The van der Waals surface area contributed by atoms with Crippen molar-refractivity contribution in [2.24, 2.45) is 0 Å². The van der Waals surface area contributed by atoms with Crippen molar-refractivity contribution in [1.82, 2.24) is 0 Å². The summed E-state index contributed by atoms with van der Waals surface area (Å²) in [5.74, 6) is 0. The van der Waals surface area contributed by atoms with Gasteiger partial charge in [0.1, 0.15) is 0 Å². The van der Waals surface area contributed by atoms with Gasteiger partial charge in [-0.2, -0.15) is 0 Å². The summed E-state index contributed by atoms with van der Waals surface area (Å²) in [6.45, 7) is 1.93. The van der Waals surface area contributed by atoms with Gasteiger partial charge in [-0.15, -0.1) is 0 Å². The van der Waals surface area contributed by atoms with Crippen LogP contribution in [0.5, 0.6) is 0 Å². The zero-order valence-corrected chi connectivity index (χ0v) is 9.80. The molecular formula is C2H18N2NiO13. The van der Waals surface area contributed by atoms with E-state index in [0.717, 1.165) is 0 Å². The van der Waals surface area contributed by atoms with E-state index in [1.165, 1.54) is 0 Å². The number of aliphatic hydroxyl groups excluding tert-OH is 1. The minimum atomic E-state index is -1.75. The van der Waals surface area contributed by atoms with E-state index in [0.29, 0.717) is 0 Å². The van der Waals surface area contributed by atoms with E-state index in [1.807, 2.05) is 0 Å². The molecule has 0 fully saturated rings. The second kappa shape index (κ2) is 106. The van der Waals surface area contributed by atoms with Crippen molar-refractivity contribution in [2.45, 2.75) is 6.92 Å². The van der Waals surface area contributed by atoms with Crippen LogP contribution in [0, 0.1) is 30.6 Å². The molecule has 0 saturated carbocycles. The molecule has 0 radical (unpaired) electrons. The Balaban J connectivity index is -0.00000000562. The first-order valence-electron chi connectivity index (χ1n) is 2.12. The largest absolute Gasteiger partial charge is 2.00 e. The smallest absolute Gasteiger partial charge is 0.412 e. The van der Waals surface area contributed by atoms with Gasteiger partial charge in [0.25, 0.3) is 0 Å². The van der Waals surface area contributed by atoms with Crippen LogP contribution >= 0.6 is 0 Å². The summed E-state index contributed by atoms with van der Waals surface area (Å²) in [5.41, 5.74) is 0. The van der Waals surface area contributed by atoms with Crippen molar-refractivity contribution in [3.8, 4) is 0 Å². The zero-order valence-electron chi connectivity index (χ0n) is 8.81. The summed E-state index contributed by atoms with van der Waals surface area (Å²) in [5, 5.41) is 37.1. The predicted octanol–water partition coefficient (Wildman–Crippen LogP) is -5.43. The van der Waals surface area contributed by atoms with Crippen molar-refractivity contribution in [3.63, 3.8) is 0 Å². The van der Waals surface area contributed by atoms with Crippen LogP contribution in [-0.2, 0) is 16.5 Å². The summed E-state index contributed by atoms with van der Waals surface area (Å²) >= 11 is 0. The van der Waals surface area contributed by atoms with Crippen LogP contribution < -0.4 is 0 Å². The van der Waals surface area contributed by atoms with Crippen LogP contribution in [0.4, 0.5) is 0 Å². The molecule has 0 atom stereocenters. The van der Waals surface area contributed by atoms with E-state index in [4.69, 9.17) is 35.7 Å². The Labute approximate surface area is 110 Å². The topological polar surface area (TPSA) is 342 Å².